The number of rotatable bonds is 5. The van der Waals surface area contributed by atoms with Gasteiger partial charge in [0.05, 0.1) is 24.6 Å². The van der Waals surface area contributed by atoms with Crippen molar-refractivity contribution in [3.63, 3.8) is 0 Å². The molecule has 21 heavy (non-hydrogen) atoms. The average molecular weight is 302 g/mol. The van der Waals surface area contributed by atoms with Crippen LogP contribution >= 0.6 is 11.3 Å². The predicted octanol–water partition coefficient (Wildman–Crippen LogP) is 2.46. The van der Waals surface area contributed by atoms with Gasteiger partial charge in [-0.2, -0.15) is 5.26 Å². The minimum absolute atomic E-state index is 0.218. The first kappa shape index (κ1) is 14.8. The van der Waals surface area contributed by atoms with E-state index in [1.54, 1.807) is 43.8 Å². The Morgan fingerprint density at radius 1 is 1.48 bits per heavy atom. The van der Waals surface area contributed by atoms with Gasteiger partial charge in [-0.3, -0.25) is 4.79 Å². The molecule has 0 bridgehead atoms. The summed E-state index contributed by atoms with van der Waals surface area (Å²) in [6.45, 7) is 1.74. The van der Waals surface area contributed by atoms with E-state index in [0.29, 0.717) is 22.1 Å². The van der Waals surface area contributed by atoms with Gasteiger partial charge in [0.15, 0.2) is 0 Å². The van der Waals surface area contributed by atoms with Gasteiger partial charge in [-0.15, -0.1) is 11.3 Å². The van der Waals surface area contributed by atoms with Crippen LogP contribution in [0.25, 0.3) is 0 Å². The Bertz CT molecular complexity index is 660. The van der Waals surface area contributed by atoms with Crippen LogP contribution < -0.4 is 15.4 Å². The van der Waals surface area contributed by atoms with Crippen molar-refractivity contribution in [2.24, 2.45) is 0 Å². The first-order valence-corrected chi connectivity index (χ1v) is 7.07. The molecule has 0 fully saturated rings. The highest BCUT2D eigenvalue weighted by Crippen LogP contribution is 2.22. The van der Waals surface area contributed by atoms with Crippen molar-refractivity contribution >= 4 is 27.9 Å². The zero-order valence-corrected chi connectivity index (χ0v) is 12.4. The molecule has 0 aliphatic rings. The van der Waals surface area contributed by atoms with Gasteiger partial charge in [-0.1, -0.05) is 0 Å². The second kappa shape index (κ2) is 6.72. The minimum Gasteiger partial charge on any atom is -0.481 e. The molecular formula is C14H14N4O2S. The van der Waals surface area contributed by atoms with E-state index in [2.05, 4.69) is 15.6 Å². The van der Waals surface area contributed by atoms with Crippen LogP contribution in [0, 0.1) is 11.3 Å². The highest BCUT2D eigenvalue weighted by molar-refractivity contribution is 7.14. The molecular weight excluding hydrogens is 288 g/mol. The van der Waals surface area contributed by atoms with Gasteiger partial charge in [0.25, 0.3) is 0 Å². The van der Waals surface area contributed by atoms with Crippen molar-refractivity contribution in [1.82, 2.24) is 4.98 Å². The van der Waals surface area contributed by atoms with Gasteiger partial charge in [-0.05, 0) is 24.4 Å². The molecule has 1 unspecified atom stereocenters. The monoisotopic (exact) mass is 302 g/mol. The summed E-state index contributed by atoms with van der Waals surface area (Å²) in [5, 5.41) is 17.0. The number of ether oxygens (including phenoxy) is 1. The number of carbonyl (C=O) groups is 1. The summed E-state index contributed by atoms with van der Waals surface area (Å²) in [7, 11) is 1.54. The fraction of sp³-hybridized carbons (Fsp3) is 0.214. The van der Waals surface area contributed by atoms with E-state index < -0.39 is 6.04 Å². The SMILES string of the molecule is COc1ccc(NC(C)C(=O)Nc2sccc2C#N)cn1. The zero-order valence-electron chi connectivity index (χ0n) is 11.6. The second-order valence-corrected chi connectivity index (χ2v) is 5.14. The Morgan fingerprint density at radius 2 is 2.29 bits per heavy atom. The molecule has 7 heteroatoms. The van der Waals surface area contributed by atoms with E-state index in [1.807, 2.05) is 6.07 Å². The molecule has 1 atom stereocenters. The van der Waals surface area contributed by atoms with Crippen molar-refractivity contribution in [1.29, 1.82) is 5.26 Å². The van der Waals surface area contributed by atoms with Crippen LogP contribution in [-0.2, 0) is 4.79 Å². The second-order valence-electron chi connectivity index (χ2n) is 4.22. The lowest BCUT2D eigenvalue weighted by molar-refractivity contribution is -0.116. The van der Waals surface area contributed by atoms with Gasteiger partial charge in [0.2, 0.25) is 11.8 Å². The van der Waals surface area contributed by atoms with Gasteiger partial charge in [-0.25, -0.2) is 4.98 Å². The third kappa shape index (κ3) is 3.70. The van der Waals surface area contributed by atoms with Crippen LogP contribution in [0.4, 0.5) is 10.7 Å². The Hall–Kier alpha value is -2.59. The highest BCUT2D eigenvalue weighted by atomic mass is 32.1. The number of pyridine rings is 1. The van der Waals surface area contributed by atoms with Gasteiger partial charge >= 0.3 is 0 Å². The van der Waals surface area contributed by atoms with Crippen LogP contribution in [0.5, 0.6) is 5.88 Å². The van der Waals surface area contributed by atoms with E-state index in [-0.39, 0.29) is 5.91 Å². The lowest BCUT2D eigenvalue weighted by Crippen LogP contribution is -2.31. The number of hydrogen-bond acceptors (Lipinski definition) is 6. The maximum Gasteiger partial charge on any atom is 0.247 e. The Labute approximate surface area is 126 Å². The van der Waals surface area contributed by atoms with Crippen LogP contribution in [-0.4, -0.2) is 24.0 Å². The van der Waals surface area contributed by atoms with Crippen molar-refractivity contribution in [3.8, 4) is 11.9 Å². The maximum atomic E-state index is 12.1. The lowest BCUT2D eigenvalue weighted by atomic mass is 10.2. The van der Waals surface area contributed by atoms with Crippen LogP contribution in [0.3, 0.4) is 0 Å². The summed E-state index contributed by atoms with van der Waals surface area (Å²) < 4.78 is 4.97. The molecule has 1 amide bonds. The Balaban J connectivity index is 1.97. The third-order valence-electron chi connectivity index (χ3n) is 2.74. The quantitative estimate of drug-likeness (QED) is 0.886. The summed E-state index contributed by atoms with van der Waals surface area (Å²) in [5.74, 6) is 0.291. The summed E-state index contributed by atoms with van der Waals surface area (Å²) >= 11 is 1.32. The molecule has 0 saturated carbocycles. The van der Waals surface area contributed by atoms with E-state index in [0.717, 1.165) is 0 Å². The smallest absolute Gasteiger partial charge is 0.247 e. The molecule has 108 valence electrons. The molecule has 2 aromatic rings. The number of nitrogens with one attached hydrogen (secondary N) is 2. The first-order valence-electron chi connectivity index (χ1n) is 6.19. The maximum absolute atomic E-state index is 12.1. The summed E-state index contributed by atoms with van der Waals surface area (Å²) in [6.07, 6.45) is 1.59. The van der Waals surface area contributed by atoms with E-state index >= 15 is 0 Å². The number of methoxy groups -OCH3 is 1. The molecule has 2 rings (SSSR count). The average Bonchev–Trinajstić information content (AvgIpc) is 2.95. The number of hydrogen-bond donors (Lipinski definition) is 2. The standard InChI is InChI=1S/C14H14N4O2S/c1-9(17-11-3-4-12(20-2)16-8-11)13(19)18-14-10(7-15)5-6-21-14/h3-6,8-9,17H,1-2H3,(H,18,19). The molecule has 0 saturated heterocycles. The van der Waals surface area contributed by atoms with Gasteiger partial charge < -0.3 is 15.4 Å². The van der Waals surface area contributed by atoms with E-state index in [1.165, 1.54) is 11.3 Å². The number of aromatic nitrogens is 1. The lowest BCUT2D eigenvalue weighted by Gasteiger charge is -2.14. The van der Waals surface area contributed by atoms with Crippen LogP contribution in [0.2, 0.25) is 0 Å². The fourth-order valence-corrected chi connectivity index (χ4v) is 2.36. The third-order valence-corrected chi connectivity index (χ3v) is 3.57. The molecule has 2 aromatic heterocycles. The number of carbonyl (C=O) groups excluding carboxylic acids is 1. The summed E-state index contributed by atoms with van der Waals surface area (Å²) in [4.78, 5) is 16.1. The van der Waals surface area contributed by atoms with E-state index in [4.69, 9.17) is 10.00 Å². The molecule has 0 aliphatic heterocycles. The predicted molar refractivity (Wildman–Crippen MR) is 81.5 cm³/mol. The fourth-order valence-electron chi connectivity index (χ4n) is 1.62. The van der Waals surface area contributed by atoms with Gasteiger partial charge in [0, 0.05) is 6.07 Å². The molecule has 2 N–H and O–H groups in total. The number of nitrogens with zero attached hydrogens (tertiary/aromatic N) is 2. The highest BCUT2D eigenvalue weighted by Gasteiger charge is 2.15. The summed E-state index contributed by atoms with van der Waals surface area (Å²) in [5.41, 5.74) is 1.18. The Kier molecular flexibility index (Phi) is 4.74. The van der Waals surface area contributed by atoms with Crippen molar-refractivity contribution < 1.29 is 9.53 Å². The molecule has 0 radical (unpaired) electrons. The van der Waals surface area contributed by atoms with Gasteiger partial charge in [0.1, 0.15) is 17.1 Å². The molecule has 0 aliphatic carbocycles. The normalized spacial score (nSPS) is 11.3. The molecule has 6 nitrogen and oxygen atoms in total. The topological polar surface area (TPSA) is 87.0 Å². The molecule has 0 spiro atoms. The van der Waals surface area contributed by atoms with Crippen LogP contribution in [0.1, 0.15) is 12.5 Å². The number of nitriles is 1. The van der Waals surface area contributed by atoms with Crippen molar-refractivity contribution in [2.75, 3.05) is 17.7 Å². The zero-order chi connectivity index (χ0) is 15.2. The number of thiophene rings is 1. The number of amides is 1. The molecule has 0 aromatic carbocycles. The minimum atomic E-state index is -0.464. The van der Waals surface area contributed by atoms with Crippen molar-refractivity contribution in [2.45, 2.75) is 13.0 Å². The van der Waals surface area contributed by atoms with Crippen molar-refractivity contribution in [3.05, 3.63) is 35.3 Å². The van der Waals surface area contributed by atoms with Crippen LogP contribution in [0.15, 0.2) is 29.8 Å². The Morgan fingerprint density at radius 3 is 2.90 bits per heavy atom. The largest absolute Gasteiger partial charge is 0.481 e. The summed E-state index contributed by atoms with van der Waals surface area (Å²) in [6, 6.07) is 6.73. The van der Waals surface area contributed by atoms with E-state index in [9.17, 15) is 4.79 Å². The first-order chi connectivity index (χ1) is 10.1. The molecule has 2 heterocycles. The number of anilines is 2.